The van der Waals surface area contributed by atoms with Gasteiger partial charge in [-0.2, -0.15) is 0 Å². The first kappa shape index (κ1) is 19.6. The van der Waals surface area contributed by atoms with Gasteiger partial charge in [-0.15, -0.1) is 0 Å². The fraction of sp³-hybridized carbons (Fsp3) is 0.727. The second-order valence-corrected chi connectivity index (χ2v) is 6.53. The summed E-state index contributed by atoms with van der Waals surface area (Å²) in [6, 6.07) is -2.96. The van der Waals surface area contributed by atoms with Crippen molar-refractivity contribution in [3.05, 3.63) is 0 Å². The van der Waals surface area contributed by atoms with Crippen LogP contribution in [0, 0.1) is 0 Å². The number of carboxylic acid groups (broad SMARTS) is 1. The van der Waals surface area contributed by atoms with Crippen LogP contribution in [0.25, 0.3) is 0 Å². The number of nitrogens with two attached hydrogens (primary N) is 1. The third kappa shape index (κ3) is 7.79. The lowest BCUT2D eigenvalue weighted by atomic mass is 10.2. The fourth-order valence-corrected chi connectivity index (χ4v) is 2.10. The molecule has 0 aliphatic rings. The van der Waals surface area contributed by atoms with Crippen LogP contribution in [0.3, 0.4) is 0 Å². The topological polar surface area (TPSA) is 159 Å². The molecule has 0 aliphatic heterocycles. The van der Waals surface area contributed by atoms with E-state index >= 15 is 0 Å². The van der Waals surface area contributed by atoms with Gasteiger partial charge in [0.15, 0.2) is 0 Å². The standard InChI is InChI=1S/C11H22N3O6P/c1-6(9(16)14-7(2)11(18)19)13-10(17)8(12)3-4-21(20)5-15/h6-8,15,21H,3-5,12H2,1-2H3,(H,13,17)(H,14,16)(H,18,19)/t6-,7-,8-/m0/s1. The number of aliphatic hydroxyl groups is 1. The van der Waals surface area contributed by atoms with Gasteiger partial charge in [0.25, 0.3) is 0 Å². The summed E-state index contributed by atoms with van der Waals surface area (Å²) in [5.74, 6) is -2.43. The van der Waals surface area contributed by atoms with Crippen molar-refractivity contribution in [2.45, 2.75) is 38.4 Å². The lowest BCUT2D eigenvalue weighted by molar-refractivity contribution is -0.141. The summed E-state index contributed by atoms with van der Waals surface area (Å²) in [6.45, 7) is 2.69. The van der Waals surface area contributed by atoms with Gasteiger partial charge in [0.1, 0.15) is 19.9 Å². The molecule has 0 bridgehead atoms. The molecule has 2 amide bonds. The molecule has 6 N–H and O–H groups in total. The Hall–Kier alpha value is -1.44. The molecular weight excluding hydrogens is 301 g/mol. The van der Waals surface area contributed by atoms with Crippen molar-refractivity contribution in [1.82, 2.24) is 10.6 Å². The van der Waals surface area contributed by atoms with E-state index in [0.717, 1.165) is 0 Å². The van der Waals surface area contributed by atoms with Crippen molar-refractivity contribution in [2.75, 3.05) is 12.5 Å². The highest BCUT2D eigenvalue weighted by Crippen LogP contribution is 2.19. The molecule has 0 saturated carbocycles. The number of nitrogens with one attached hydrogen (secondary N) is 2. The maximum absolute atomic E-state index is 11.7. The molecular formula is C11H22N3O6P. The molecule has 122 valence electrons. The lowest BCUT2D eigenvalue weighted by Crippen LogP contribution is -2.52. The monoisotopic (exact) mass is 323 g/mol. The maximum atomic E-state index is 11.7. The van der Waals surface area contributed by atoms with Crippen molar-refractivity contribution in [3.63, 3.8) is 0 Å². The van der Waals surface area contributed by atoms with E-state index < -0.39 is 50.1 Å². The lowest BCUT2D eigenvalue weighted by Gasteiger charge is -2.18. The van der Waals surface area contributed by atoms with Crippen molar-refractivity contribution in [3.8, 4) is 0 Å². The molecule has 0 saturated heterocycles. The summed E-state index contributed by atoms with van der Waals surface area (Å²) in [7, 11) is -2.13. The number of amides is 2. The third-order valence-electron chi connectivity index (χ3n) is 2.73. The van der Waals surface area contributed by atoms with Crippen molar-refractivity contribution < 1.29 is 29.2 Å². The molecule has 0 aliphatic carbocycles. The molecule has 0 aromatic carbocycles. The first-order chi connectivity index (χ1) is 9.68. The van der Waals surface area contributed by atoms with E-state index in [2.05, 4.69) is 10.6 Å². The fourth-order valence-electron chi connectivity index (χ4n) is 1.31. The highest BCUT2D eigenvalue weighted by Gasteiger charge is 2.22. The van der Waals surface area contributed by atoms with E-state index in [1.54, 1.807) is 0 Å². The average Bonchev–Trinajstić information content (AvgIpc) is 2.43. The van der Waals surface area contributed by atoms with Gasteiger partial charge in [-0.1, -0.05) is 0 Å². The van der Waals surface area contributed by atoms with Crippen LogP contribution in [0.5, 0.6) is 0 Å². The number of carbonyl (C=O) groups excluding carboxylic acids is 2. The predicted molar refractivity (Wildman–Crippen MR) is 76.4 cm³/mol. The van der Waals surface area contributed by atoms with Gasteiger partial charge in [0.05, 0.1) is 12.4 Å². The number of hydrogen-bond acceptors (Lipinski definition) is 6. The van der Waals surface area contributed by atoms with Crippen molar-refractivity contribution in [2.24, 2.45) is 5.73 Å². The Kier molecular flexibility index (Phi) is 8.84. The van der Waals surface area contributed by atoms with E-state index in [1.165, 1.54) is 13.8 Å². The van der Waals surface area contributed by atoms with Crippen molar-refractivity contribution >= 4 is 25.6 Å². The highest BCUT2D eigenvalue weighted by molar-refractivity contribution is 7.44. The number of aliphatic hydroxyl groups excluding tert-OH is 1. The zero-order valence-electron chi connectivity index (χ0n) is 12.0. The van der Waals surface area contributed by atoms with Crippen LogP contribution in [0.1, 0.15) is 20.3 Å². The first-order valence-electron chi connectivity index (χ1n) is 6.40. The number of aliphatic carboxylic acids is 1. The molecule has 0 fully saturated rings. The van der Waals surface area contributed by atoms with Crippen molar-refractivity contribution in [1.29, 1.82) is 0 Å². The Morgan fingerprint density at radius 1 is 1.14 bits per heavy atom. The van der Waals surface area contributed by atoms with Crippen LogP contribution >= 0.6 is 7.80 Å². The third-order valence-corrected chi connectivity index (χ3v) is 3.93. The SMILES string of the molecule is C[C@H](NC(=O)[C@H](C)NC(=O)[C@@H](N)CC[PH](=O)CO)C(=O)O. The Bertz CT molecular complexity index is 417. The molecule has 0 heterocycles. The molecule has 10 heteroatoms. The van der Waals surface area contributed by atoms with Crippen LogP contribution < -0.4 is 16.4 Å². The molecule has 0 spiro atoms. The van der Waals surface area contributed by atoms with Crippen LogP contribution in [-0.4, -0.2) is 58.6 Å². The minimum Gasteiger partial charge on any atom is -0.480 e. The molecule has 0 aromatic rings. The van der Waals surface area contributed by atoms with Gasteiger partial charge in [-0.05, 0) is 20.3 Å². The van der Waals surface area contributed by atoms with Crippen LogP contribution in [-0.2, 0) is 18.9 Å². The minimum absolute atomic E-state index is 0.129. The Labute approximate surface area is 123 Å². The Morgan fingerprint density at radius 3 is 2.14 bits per heavy atom. The predicted octanol–water partition coefficient (Wildman–Crippen LogP) is -1.69. The molecule has 1 unspecified atom stereocenters. The van der Waals surface area contributed by atoms with Gasteiger partial charge in [0.2, 0.25) is 11.8 Å². The van der Waals surface area contributed by atoms with Crippen LogP contribution in [0.15, 0.2) is 0 Å². The molecule has 0 radical (unpaired) electrons. The normalized spacial score (nSPS) is 16.4. The average molecular weight is 323 g/mol. The summed E-state index contributed by atoms with van der Waals surface area (Å²) in [5, 5.41) is 21.8. The first-order valence-corrected chi connectivity index (χ1v) is 8.23. The second kappa shape index (κ2) is 9.49. The number of carbonyl (C=O) groups is 3. The molecule has 0 aromatic heterocycles. The Balaban J connectivity index is 4.27. The van der Waals surface area contributed by atoms with Gasteiger partial charge < -0.3 is 31.1 Å². The Morgan fingerprint density at radius 2 is 1.67 bits per heavy atom. The number of hydrogen-bond donors (Lipinski definition) is 5. The van der Waals surface area contributed by atoms with Gasteiger partial charge in [0, 0.05) is 6.16 Å². The summed E-state index contributed by atoms with van der Waals surface area (Å²) >= 11 is 0. The van der Waals surface area contributed by atoms with Crippen LogP contribution in [0.2, 0.25) is 0 Å². The molecule has 0 rings (SSSR count). The molecule has 4 atom stereocenters. The zero-order valence-corrected chi connectivity index (χ0v) is 13.0. The maximum Gasteiger partial charge on any atom is 0.325 e. The smallest absolute Gasteiger partial charge is 0.325 e. The van der Waals surface area contributed by atoms with E-state index in [1.807, 2.05) is 0 Å². The van der Waals surface area contributed by atoms with Crippen LogP contribution in [0.4, 0.5) is 0 Å². The van der Waals surface area contributed by atoms with E-state index in [9.17, 15) is 18.9 Å². The van der Waals surface area contributed by atoms with Gasteiger partial charge in [-0.25, -0.2) is 0 Å². The number of carboxylic acids is 1. The van der Waals surface area contributed by atoms with Gasteiger partial charge >= 0.3 is 5.97 Å². The van der Waals surface area contributed by atoms with E-state index in [4.69, 9.17) is 15.9 Å². The summed E-state index contributed by atoms with van der Waals surface area (Å²) in [4.78, 5) is 33.9. The molecule has 21 heavy (non-hydrogen) atoms. The molecule has 9 nitrogen and oxygen atoms in total. The largest absolute Gasteiger partial charge is 0.480 e. The van der Waals surface area contributed by atoms with Gasteiger partial charge in [-0.3, -0.25) is 14.4 Å². The summed E-state index contributed by atoms with van der Waals surface area (Å²) in [5.41, 5.74) is 5.58. The summed E-state index contributed by atoms with van der Waals surface area (Å²) in [6.07, 6.45) is -0.151. The van der Waals surface area contributed by atoms with E-state index in [-0.39, 0.29) is 12.6 Å². The minimum atomic E-state index is -2.13. The highest BCUT2D eigenvalue weighted by atomic mass is 31.1. The summed E-state index contributed by atoms with van der Waals surface area (Å²) < 4.78 is 11.1. The second-order valence-electron chi connectivity index (χ2n) is 4.64. The zero-order chi connectivity index (χ0) is 16.6. The number of rotatable bonds is 9. The quantitative estimate of drug-likeness (QED) is 0.316. The van der Waals surface area contributed by atoms with E-state index in [0.29, 0.717) is 0 Å².